The predicted molar refractivity (Wildman–Crippen MR) is 109 cm³/mol. The predicted octanol–water partition coefficient (Wildman–Crippen LogP) is 3.04. The van der Waals surface area contributed by atoms with E-state index in [-0.39, 0.29) is 22.1 Å². The van der Waals surface area contributed by atoms with Crippen molar-refractivity contribution in [2.24, 2.45) is 5.73 Å². The lowest BCUT2D eigenvalue weighted by Gasteiger charge is -2.36. The van der Waals surface area contributed by atoms with E-state index in [2.05, 4.69) is 0 Å². The molecular formula is C21H19N3O4S. The molecule has 0 spiro atoms. The fourth-order valence-corrected chi connectivity index (χ4v) is 5.30. The van der Waals surface area contributed by atoms with Crippen molar-refractivity contribution < 1.29 is 17.9 Å². The Morgan fingerprint density at radius 3 is 2.55 bits per heavy atom. The average molecular weight is 409 g/mol. The van der Waals surface area contributed by atoms with Crippen molar-refractivity contribution in [1.82, 2.24) is 0 Å². The number of benzene rings is 2. The van der Waals surface area contributed by atoms with Crippen molar-refractivity contribution in [2.75, 3.05) is 18.0 Å². The van der Waals surface area contributed by atoms with E-state index in [0.29, 0.717) is 29.2 Å². The van der Waals surface area contributed by atoms with Crippen LogP contribution in [0.15, 0.2) is 64.9 Å². The Hall–Kier alpha value is -3.44. The highest BCUT2D eigenvalue weighted by atomic mass is 32.2. The highest BCUT2D eigenvalue weighted by molar-refractivity contribution is 7.96. The van der Waals surface area contributed by atoms with E-state index in [1.807, 2.05) is 13.0 Å². The van der Waals surface area contributed by atoms with E-state index in [1.54, 1.807) is 48.5 Å². The fourth-order valence-electron chi connectivity index (χ4n) is 3.65. The Balaban J connectivity index is 1.98. The van der Waals surface area contributed by atoms with Crippen molar-refractivity contribution in [3.8, 4) is 11.8 Å². The third-order valence-electron chi connectivity index (χ3n) is 5.02. The highest BCUT2D eigenvalue weighted by Crippen LogP contribution is 2.50. The first-order valence-corrected chi connectivity index (χ1v) is 10.5. The molecule has 7 nitrogen and oxygen atoms in total. The summed E-state index contributed by atoms with van der Waals surface area (Å²) in [7, 11) is -2.46. The zero-order chi connectivity index (χ0) is 20.8. The van der Waals surface area contributed by atoms with Crippen LogP contribution in [0.2, 0.25) is 0 Å². The Morgan fingerprint density at radius 2 is 1.90 bits per heavy atom. The molecule has 29 heavy (non-hydrogen) atoms. The second-order valence-electron chi connectivity index (χ2n) is 6.61. The molecule has 0 saturated heterocycles. The van der Waals surface area contributed by atoms with Gasteiger partial charge in [-0.3, -0.25) is 4.31 Å². The quantitative estimate of drug-likeness (QED) is 0.835. The number of hydrogen-bond donors (Lipinski definition) is 1. The lowest BCUT2D eigenvalue weighted by molar-refractivity contribution is 0.340. The molecule has 2 aliphatic heterocycles. The van der Waals surface area contributed by atoms with E-state index < -0.39 is 15.9 Å². The van der Waals surface area contributed by atoms with E-state index in [0.717, 1.165) is 0 Å². The van der Waals surface area contributed by atoms with Crippen molar-refractivity contribution >= 4 is 21.5 Å². The van der Waals surface area contributed by atoms with Crippen molar-refractivity contribution in [1.29, 1.82) is 5.26 Å². The molecule has 0 aromatic heterocycles. The van der Waals surface area contributed by atoms with Crippen LogP contribution >= 0.6 is 0 Å². The van der Waals surface area contributed by atoms with Gasteiger partial charge in [0, 0.05) is 12.6 Å². The number of anilines is 1. The third-order valence-corrected chi connectivity index (χ3v) is 6.92. The van der Waals surface area contributed by atoms with Gasteiger partial charge in [0.1, 0.15) is 22.3 Å². The molecule has 0 radical (unpaired) electrons. The third kappa shape index (κ3) is 2.82. The number of para-hydroxylation sites is 1. The van der Waals surface area contributed by atoms with Crippen molar-refractivity contribution in [3.63, 3.8) is 0 Å². The van der Waals surface area contributed by atoms with Gasteiger partial charge >= 0.3 is 0 Å². The summed E-state index contributed by atoms with van der Waals surface area (Å²) in [6, 6.07) is 16.0. The largest absolute Gasteiger partial charge is 0.494 e. The summed E-state index contributed by atoms with van der Waals surface area (Å²) in [5, 5.41) is 9.73. The minimum Gasteiger partial charge on any atom is -0.494 e. The number of nitrogens with two attached hydrogens (primary N) is 1. The number of sulfonamides is 1. The summed E-state index contributed by atoms with van der Waals surface area (Å²) in [6.45, 7) is 2.39. The Bertz CT molecular complexity index is 1190. The summed E-state index contributed by atoms with van der Waals surface area (Å²) in [5.74, 6) is -0.157. The zero-order valence-corrected chi connectivity index (χ0v) is 16.7. The summed E-state index contributed by atoms with van der Waals surface area (Å²) in [5.41, 5.74) is 7.82. The van der Waals surface area contributed by atoms with Gasteiger partial charge in [0.2, 0.25) is 5.88 Å². The van der Waals surface area contributed by atoms with Gasteiger partial charge < -0.3 is 15.2 Å². The molecule has 1 unspecified atom stereocenters. The first kappa shape index (κ1) is 18.9. The summed E-state index contributed by atoms with van der Waals surface area (Å²) >= 11 is 0. The molecule has 2 aromatic rings. The van der Waals surface area contributed by atoms with Gasteiger partial charge in [0.05, 0.1) is 18.2 Å². The highest BCUT2D eigenvalue weighted by Gasteiger charge is 2.46. The van der Waals surface area contributed by atoms with Crippen LogP contribution in [-0.4, -0.2) is 22.1 Å². The molecule has 148 valence electrons. The minimum absolute atomic E-state index is 0.00797. The maximum Gasteiger partial charge on any atom is 0.264 e. The number of ether oxygens (including phenoxy) is 2. The fraction of sp³-hybridized carbons (Fsp3) is 0.190. The van der Waals surface area contributed by atoms with Crippen LogP contribution in [0.1, 0.15) is 24.0 Å². The molecule has 0 saturated carbocycles. The van der Waals surface area contributed by atoms with Gasteiger partial charge in [-0.1, -0.05) is 24.3 Å². The minimum atomic E-state index is -3.94. The number of allylic oxidation sites excluding steroid dienone is 2. The van der Waals surface area contributed by atoms with Gasteiger partial charge in [-0.05, 0) is 36.8 Å². The number of fused-ring (bicyclic) bond motifs is 2. The van der Waals surface area contributed by atoms with Gasteiger partial charge in [-0.25, -0.2) is 8.42 Å². The molecule has 2 heterocycles. The van der Waals surface area contributed by atoms with Crippen LogP contribution in [-0.2, 0) is 14.8 Å². The van der Waals surface area contributed by atoms with Crippen LogP contribution in [0, 0.1) is 11.3 Å². The Labute approximate surface area is 169 Å². The van der Waals surface area contributed by atoms with Crippen LogP contribution in [0.5, 0.6) is 5.75 Å². The Kier molecular flexibility index (Phi) is 4.47. The van der Waals surface area contributed by atoms with Gasteiger partial charge in [0.15, 0.2) is 5.76 Å². The molecule has 0 fully saturated rings. The first-order valence-electron chi connectivity index (χ1n) is 9.03. The summed E-state index contributed by atoms with van der Waals surface area (Å²) < 4.78 is 39.2. The average Bonchev–Trinajstić information content (AvgIpc) is 2.72. The Morgan fingerprint density at radius 1 is 1.21 bits per heavy atom. The van der Waals surface area contributed by atoms with Crippen LogP contribution in [0.3, 0.4) is 0 Å². The smallest absolute Gasteiger partial charge is 0.264 e. The molecule has 4 rings (SSSR count). The summed E-state index contributed by atoms with van der Waals surface area (Å²) in [6.07, 6.45) is 0. The molecule has 8 heteroatoms. The van der Waals surface area contributed by atoms with E-state index in [4.69, 9.17) is 15.2 Å². The van der Waals surface area contributed by atoms with Crippen molar-refractivity contribution in [2.45, 2.75) is 12.8 Å². The molecule has 0 bridgehead atoms. The van der Waals surface area contributed by atoms with Crippen molar-refractivity contribution in [3.05, 3.63) is 76.0 Å². The standard InChI is InChI=1S/C21H19N3O4S/c1-3-27-14-10-8-13(9-11-14)18-16(12-22)21(23)28-19-15-6-4-5-7-17(15)24(2)29(25,26)20(18)19/h4-11,18H,3,23H2,1-2H3. The number of hydrogen-bond acceptors (Lipinski definition) is 6. The molecule has 1 atom stereocenters. The molecular weight excluding hydrogens is 390 g/mol. The van der Waals surface area contributed by atoms with Crippen LogP contribution < -0.4 is 14.8 Å². The normalized spacial score (nSPS) is 19.8. The maximum atomic E-state index is 13.4. The van der Waals surface area contributed by atoms with E-state index in [9.17, 15) is 13.7 Å². The van der Waals surface area contributed by atoms with Crippen LogP contribution in [0.4, 0.5) is 5.69 Å². The van der Waals surface area contributed by atoms with Gasteiger partial charge in [0.25, 0.3) is 10.0 Å². The van der Waals surface area contributed by atoms with E-state index in [1.165, 1.54) is 11.4 Å². The SMILES string of the molecule is CCOc1ccc(C2C(C#N)=C(N)OC3=C2S(=O)(=O)N(C)c2ccccc23)cc1. The van der Waals surface area contributed by atoms with Gasteiger partial charge in [-0.15, -0.1) is 0 Å². The zero-order valence-electron chi connectivity index (χ0n) is 15.9. The maximum absolute atomic E-state index is 13.4. The lowest BCUT2D eigenvalue weighted by Crippen LogP contribution is -2.37. The molecule has 0 amide bonds. The second kappa shape index (κ2) is 6.87. The molecule has 2 N–H and O–H groups in total. The van der Waals surface area contributed by atoms with E-state index >= 15 is 0 Å². The number of rotatable bonds is 3. The number of nitrogens with zero attached hydrogens (tertiary/aromatic N) is 2. The van der Waals surface area contributed by atoms with Gasteiger partial charge in [-0.2, -0.15) is 5.26 Å². The second-order valence-corrected chi connectivity index (χ2v) is 8.55. The lowest BCUT2D eigenvalue weighted by atomic mass is 9.88. The molecule has 0 aliphatic carbocycles. The summed E-state index contributed by atoms with van der Waals surface area (Å²) in [4.78, 5) is 0.00797. The first-order chi connectivity index (χ1) is 13.9. The molecule has 2 aromatic carbocycles. The molecule has 2 aliphatic rings. The number of nitriles is 1. The van der Waals surface area contributed by atoms with Crippen LogP contribution in [0.25, 0.3) is 5.76 Å². The monoisotopic (exact) mass is 409 g/mol. The topological polar surface area (TPSA) is 106 Å².